The molecule has 1 aliphatic rings. The van der Waals surface area contributed by atoms with Gasteiger partial charge in [0.2, 0.25) is 5.75 Å². The van der Waals surface area contributed by atoms with Gasteiger partial charge in [-0.1, -0.05) is 29.8 Å². The van der Waals surface area contributed by atoms with Gasteiger partial charge in [0.15, 0.2) is 0 Å². The number of ether oxygens (including phenoxy) is 1. The van der Waals surface area contributed by atoms with Gasteiger partial charge in [-0.2, -0.15) is 0 Å². The first kappa shape index (κ1) is 23.9. The van der Waals surface area contributed by atoms with Crippen molar-refractivity contribution in [3.8, 4) is 5.75 Å². The van der Waals surface area contributed by atoms with E-state index in [1.807, 2.05) is 18.2 Å². The molecule has 0 aliphatic heterocycles. The molecule has 4 rings (SSSR count). The summed E-state index contributed by atoms with van der Waals surface area (Å²) in [5, 5.41) is 23.2. The van der Waals surface area contributed by atoms with Gasteiger partial charge in [0.05, 0.1) is 17.1 Å². The summed E-state index contributed by atoms with van der Waals surface area (Å²) in [7, 11) is 0. The number of nitro groups is 1. The smallest absolute Gasteiger partial charge is 0.341 e. The largest absolute Gasteiger partial charge is 0.502 e. The van der Waals surface area contributed by atoms with Gasteiger partial charge in [-0.15, -0.1) is 11.3 Å². The zero-order valence-corrected chi connectivity index (χ0v) is 20.1. The molecule has 176 valence electrons. The standard InChI is InChI=1S/C25H23ClN2O5S/c1-2-33-25(30)22-18-8-4-6-10-21(18)34-24(22)27-14-17-12-15(13-20(23(17)29)28(31)32)11-16-7-3-5-9-19(16)26/h3,5,7,9,12-14,29H,2,4,6,8,10-11H2,1H3/b27-14+. The van der Waals surface area contributed by atoms with Crippen LogP contribution >= 0.6 is 22.9 Å². The molecule has 2 aromatic carbocycles. The quantitative estimate of drug-likeness (QED) is 0.175. The molecule has 34 heavy (non-hydrogen) atoms. The Morgan fingerprint density at radius 1 is 1.29 bits per heavy atom. The van der Waals surface area contributed by atoms with Crippen LogP contribution in [0.2, 0.25) is 5.02 Å². The first-order valence-corrected chi connectivity index (χ1v) is 12.2. The molecule has 0 atom stereocenters. The molecule has 0 unspecified atom stereocenters. The van der Waals surface area contributed by atoms with Crippen molar-refractivity contribution in [1.82, 2.24) is 0 Å². The highest BCUT2D eigenvalue weighted by molar-refractivity contribution is 7.16. The monoisotopic (exact) mass is 498 g/mol. The SMILES string of the molecule is CCOC(=O)c1c(/N=C/c2cc(Cc3ccccc3Cl)cc([N+](=O)[O-])c2O)sc2c1CCCC2. The molecule has 0 saturated carbocycles. The summed E-state index contributed by atoms with van der Waals surface area (Å²) >= 11 is 7.69. The van der Waals surface area contributed by atoms with Crippen LogP contribution in [-0.4, -0.2) is 28.8 Å². The van der Waals surface area contributed by atoms with E-state index in [4.69, 9.17) is 16.3 Å². The number of phenolic OH excluding ortho intramolecular Hbond substituents is 1. The predicted octanol–water partition coefficient (Wildman–Crippen LogP) is 6.41. The van der Waals surface area contributed by atoms with Crippen LogP contribution in [0.15, 0.2) is 41.4 Å². The fourth-order valence-electron chi connectivity index (χ4n) is 4.09. The number of halogens is 1. The van der Waals surface area contributed by atoms with Gasteiger partial charge in [-0.05, 0) is 67.9 Å². The van der Waals surface area contributed by atoms with E-state index in [1.165, 1.54) is 23.6 Å². The Labute approximate surface area is 205 Å². The molecule has 1 aliphatic carbocycles. The Bertz CT molecular complexity index is 1280. The summed E-state index contributed by atoms with van der Waals surface area (Å²) in [5.41, 5.74) is 2.63. The molecule has 1 aromatic heterocycles. The van der Waals surface area contributed by atoms with Gasteiger partial charge in [0.1, 0.15) is 5.00 Å². The number of aliphatic imine (C=N–C) groups is 1. The van der Waals surface area contributed by atoms with Crippen LogP contribution in [0.4, 0.5) is 10.7 Å². The number of nitrogens with zero attached hydrogens (tertiary/aromatic N) is 2. The molecule has 7 nitrogen and oxygen atoms in total. The van der Waals surface area contributed by atoms with E-state index in [0.717, 1.165) is 41.7 Å². The normalized spacial score (nSPS) is 13.1. The number of benzene rings is 2. The van der Waals surface area contributed by atoms with Crippen LogP contribution in [0, 0.1) is 10.1 Å². The van der Waals surface area contributed by atoms with E-state index in [9.17, 15) is 20.0 Å². The van der Waals surface area contributed by atoms with Gasteiger partial charge in [-0.3, -0.25) is 10.1 Å². The minimum absolute atomic E-state index is 0.192. The Morgan fingerprint density at radius 3 is 2.79 bits per heavy atom. The lowest BCUT2D eigenvalue weighted by atomic mass is 9.95. The maximum atomic E-state index is 12.7. The van der Waals surface area contributed by atoms with Crippen LogP contribution in [0.5, 0.6) is 5.75 Å². The highest BCUT2D eigenvalue weighted by Crippen LogP contribution is 2.41. The molecule has 0 radical (unpaired) electrons. The van der Waals surface area contributed by atoms with Crippen molar-refractivity contribution >= 4 is 45.8 Å². The predicted molar refractivity (Wildman–Crippen MR) is 133 cm³/mol. The molecular formula is C25H23ClN2O5S. The van der Waals surface area contributed by atoms with Crippen molar-refractivity contribution in [2.45, 2.75) is 39.0 Å². The third-order valence-electron chi connectivity index (χ3n) is 5.68. The molecule has 3 aromatic rings. The van der Waals surface area contributed by atoms with Crippen molar-refractivity contribution in [3.05, 3.63) is 84.2 Å². The van der Waals surface area contributed by atoms with Gasteiger partial charge >= 0.3 is 11.7 Å². The highest BCUT2D eigenvalue weighted by atomic mass is 35.5. The summed E-state index contributed by atoms with van der Waals surface area (Å²) in [5.74, 6) is -0.896. The summed E-state index contributed by atoms with van der Waals surface area (Å²) in [6.45, 7) is 2.00. The number of nitro benzene ring substituents is 1. The number of hydrogen-bond donors (Lipinski definition) is 1. The second-order valence-corrected chi connectivity index (χ2v) is 9.44. The number of fused-ring (bicyclic) bond motifs is 1. The van der Waals surface area contributed by atoms with E-state index in [2.05, 4.69) is 4.99 Å². The molecule has 0 saturated heterocycles. The molecule has 1 heterocycles. The topological polar surface area (TPSA) is 102 Å². The first-order chi connectivity index (χ1) is 16.4. The number of aromatic hydroxyl groups is 1. The second-order valence-electron chi connectivity index (χ2n) is 7.95. The van der Waals surface area contributed by atoms with E-state index in [1.54, 1.807) is 19.1 Å². The lowest BCUT2D eigenvalue weighted by Crippen LogP contribution is -2.09. The number of hydrogen-bond acceptors (Lipinski definition) is 7. The fourth-order valence-corrected chi connectivity index (χ4v) is 5.51. The van der Waals surface area contributed by atoms with Crippen molar-refractivity contribution in [2.75, 3.05) is 6.61 Å². The number of carbonyl (C=O) groups excluding carboxylic acids is 1. The van der Waals surface area contributed by atoms with Crippen LogP contribution in [-0.2, 0) is 24.0 Å². The van der Waals surface area contributed by atoms with Crippen molar-refractivity contribution in [3.63, 3.8) is 0 Å². The minimum Gasteiger partial charge on any atom is -0.502 e. The Hall–Kier alpha value is -3.23. The average Bonchev–Trinajstić information content (AvgIpc) is 3.19. The maximum Gasteiger partial charge on any atom is 0.341 e. The number of rotatable bonds is 7. The van der Waals surface area contributed by atoms with E-state index in [-0.39, 0.29) is 12.2 Å². The molecule has 1 N–H and O–H groups in total. The zero-order valence-electron chi connectivity index (χ0n) is 18.5. The second kappa shape index (κ2) is 10.4. The van der Waals surface area contributed by atoms with Crippen molar-refractivity contribution < 1.29 is 19.6 Å². The van der Waals surface area contributed by atoms with Crippen LogP contribution < -0.4 is 0 Å². The van der Waals surface area contributed by atoms with Crippen molar-refractivity contribution in [2.24, 2.45) is 4.99 Å². The third kappa shape index (κ3) is 4.98. The Kier molecular flexibility index (Phi) is 7.29. The van der Waals surface area contributed by atoms with E-state index in [0.29, 0.717) is 27.6 Å². The molecule has 9 heteroatoms. The van der Waals surface area contributed by atoms with Crippen LogP contribution in [0.25, 0.3) is 0 Å². The number of esters is 1. The lowest BCUT2D eigenvalue weighted by molar-refractivity contribution is -0.385. The highest BCUT2D eigenvalue weighted by Gasteiger charge is 2.26. The van der Waals surface area contributed by atoms with Gasteiger partial charge in [-0.25, -0.2) is 9.79 Å². The first-order valence-electron chi connectivity index (χ1n) is 11.0. The van der Waals surface area contributed by atoms with Crippen LogP contribution in [0.3, 0.4) is 0 Å². The molecular weight excluding hydrogens is 476 g/mol. The zero-order chi connectivity index (χ0) is 24.2. The molecule has 0 bridgehead atoms. The molecule has 0 spiro atoms. The summed E-state index contributed by atoms with van der Waals surface area (Å²) in [4.78, 5) is 29.2. The van der Waals surface area contributed by atoms with Gasteiger partial charge in [0, 0.05) is 27.7 Å². The number of aryl methyl sites for hydroxylation is 1. The Balaban J connectivity index is 1.75. The van der Waals surface area contributed by atoms with E-state index < -0.39 is 22.3 Å². The number of thiophene rings is 1. The fraction of sp³-hybridized carbons (Fsp3) is 0.280. The van der Waals surface area contributed by atoms with Gasteiger partial charge < -0.3 is 9.84 Å². The van der Waals surface area contributed by atoms with E-state index >= 15 is 0 Å². The molecule has 0 amide bonds. The van der Waals surface area contributed by atoms with Crippen LogP contribution in [0.1, 0.15) is 57.3 Å². The Morgan fingerprint density at radius 2 is 2.06 bits per heavy atom. The third-order valence-corrected chi connectivity index (χ3v) is 7.25. The average molecular weight is 499 g/mol. The number of phenols is 1. The minimum atomic E-state index is -0.628. The summed E-state index contributed by atoms with van der Waals surface area (Å²) in [6.07, 6.45) is 5.44. The van der Waals surface area contributed by atoms with Gasteiger partial charge in [0.25, 0.3) is 0 Å². The summed E-state index contributed by atoms with van der Waals surface area (Å²) < 4.78 is 5.26. The summed E-state index contributed by atoms with van der Waals surface area (Å²) in [6, 6.07) is 10.2. The number of carbonyl (C=O) groups is 1. The maximum absolute atomic E-state index is 12.7. The molecule has 0 fully saturated rings. The van der Waals surface area contributed by atoms with Crippen molar-refractivity contribution in [1.29, 1.82) is 0 Å². The lowest BCUT2D eigenvalue weighted by Gasteiger charge is -2.11.